The molecule has 0 heterocycles. The summed E-state index contributed by atoms with van der Waals surface area (Å²) >= 11 is 0. The lowest BCUT2D eigenvalue weighted by Gasteiger charge is -1.97. The molecule has 0 unspecified atom stereocenters. The molecule has 0 aromatic heterocycles. The largest absolute Gasteiger partial charge is 0.0885 e. The predicted molar refractivity (Wildman–Crippen MR) is 73.3 cm³/mol. The molecule has 15 heavy (non-hydrogen) atoms. The van der Waals surface area contributed by atoms with Crippen LogP contribution in [0.15, 0.2) is 24.3 Å². The molecule has 0 saturated heterocycles. The van der Waals surface area contributed by atoms with Crippen molar-refractivity contribution in [3.8, 4) is 0 Å². The minimum atomic E-state index is 1.32. The molecule has 0 fully saturated rings. The van der Waals surface area contributed by atoms with Gasteiger partial charge in [0.2, 0.25) is 0 Å². The molecule has 0 bridgehead atoms. The minimum Gasteiger partial charge on any atom is -0.0885 e. The van der Waals surface area contributed by atoms with E-state index >= 15 is 0 Å². The highest BCUT2D eigenvalue weighted by Gasteiger charge is 1.87. The Morgan fingerprint density at radius 1 is 0.467 bits per heavy atom. The molecule has 0 heteroatoms. The maximum Gasteiger partial charge on any atom is -0.0348 e. The summed E-state index contributed by atoms with van der Waals surface area (Å²) < 4.78 is 0. The van der Waals surface area contributed by atoms with Crippen molar-refractivity contribution in [3.63, 3.8) is 0 Å². The fraction of sp³-hybridized carbons (Fsp3) is 0.733. The Balaban J connectivity index is 0. The van der Waals surface area contributed by atoms with Gasteiger partial charge in [-0.25, -0.2) is 0 Å². The first-order chi connectivity index (χ1) is 7.50. The molecule has 0 aromatic rings. The lowest BCUT2D eigenvalue weighted by Crippen LogP contribution is -1.77. The van der Waals surface area contributed by atoms with Crippen LogP contribution in [0.1, 0.15) is 72.6 Å². The van der Waals surface area contributed by atoms with E-state index in [1.54, 1.807) is 0 Å². The maximum atomic E-state index is 2.27. The monoisotopic (exact) mass is 210 g/mol. The van der Waals surface area contributed by atoms with Crippen molar-refractivity contribution in [1.82, 2.24) is 0 Å². The molecule has 0 N–H and O–H groups in total. The Morgan fingerprint density at radius 3 is 0.867 bits per heavy atom. The van der Waals surface area contributed by atoms with Crippen LogP contribution in [0.4, 0.5) is 0 Å². The van der Waals surface area contributed by atoms with Gasteiger partial charge in [0.15, 0.2) is 0 Å². The molecule has 2 aliphatic rings. The van der Waals surface area contributed by atoms with E-state index in [4.69, 9.17) is 0 Å². The van der Waals surface area contributed by atoms with E-state index < -0.39 is 0 Å². The van der Waals surface area contributed by atoms with Crippen LogP contribution in [0.3, 0.4) is 0 Å². The summed E-state index contributed by atoms with van der Waals surface area (Å²) in [6.07, 6.45) is 18.5. The highest BCUT2D eigenvalue weighted by Crippen LogP contribution is 2.07. The van der Waals surface area contributed by atoms with Crippen molar-refractivity contribution in [2.45, 2.75) is 72.6 Å². The lowest BCUT2D eigenvalue weighted by atomic mass is 10.1. The van der Waals surface area contributed by atoms with Gasteiger partial charge in [-0.15, -0.1) is 0 Å². The Bertz CT molecular complexity index is 117. The summed E-state index contributed by atoms with van der Waals surface area (Å²) in [4.78, 5) is 0. The topological polar surface area (TPSA) is 0 Å². The zero-order chi connectivity index (χ0) is 11.8. The average molecular weight is 210 g/mol. The molecular weight excluding hydrogens is 180 g/mol. The molecule has 0 saturated carbocycles. The van der Waals surface area contributed by atoms with Crippen LogP contribution >= 0.6 is 0 Å². The van der Waals surface area contributed by atoms with E-state index in [1.165, 1.54) is 44.9 Å². The number of allylic oxidation sites excluding steroid dienone is 4. The molecular formula is C15H30. The van der Waals surface area contributed by atoms with E-state index in [1.807, 2.05) is 27.7 Å². The minimum absolute atomic E-state index is 1.32. The number of hydrogen-bond acceptors (Lipinski definition) is 0. The van der Waals surface area contributed by atoms with Crippen LogP contribution in [0.25, 0.3) is 0 Å². The van der Waals surface area contributed by atoms with E-state index in [2.05, 4.69) is 24.3 Å². The molecule has 0 nitrogen and oxygen atoms in total. The second kappa shape index (κ2) is 19.1. The van der Waals surface area contributed by atoms with Crippen molar-refractivity contribution in [1.29, 1.82) is 0 Å². The predicted octanol–water partition coefficient (Wildman–Crippen LogP) is 5.90. The Morgan fingerprint density at radius 2 is 0.733 bits per heavy atom. The molecule has 2 rings (SSSR count). The van der Waals surface area contributed by atoms with E-state index in [-0.39, 0.29) is 0 Å². The first-order valence-electron chi connectivity index (χ1n) is 6.80. The van der Waals surface area contributed by atoms with Crippen molar-refractivity contribution >= 4 is 0 Å². The van der Waals surface area contributed by atoms with Gasteiger partial charge in [-0.3, -0.25) is 0 Å². The van der Waals surface area contributed by atoms with Crippen molar-refractivity contribution < 1.29 is 0 Å². The van der Waals surface area contributed by atoms with Crippen LogP contribution in [-0.2, 0) is 0 Å². The number of hydrogen-bond donors (Lipinski definition) is 0. The standard InChI is InChI=1S/C6H10.C5H8.2C2H6/c1-2-4-6-5-3-1;1-2-4-5-3-1;2*1-2/h1-2H,3-6H2;1-2H,3-5H2;2*1-2H3. The van der Waals surface area contributed by atoms with E-state index in [0.717, 1.165) is 0 Å². The second-order valence-electron chi connectivity index (χ2n) is 3.16. The summed E-state index contributed by atoms with van der Waals surface area (Å²) in [5, 5.41) is 0. The zero-order valence-corrected chi connectivity index (χ0v) is 11.3. The normalized spacial score (nSPS) is 16.3. The molecule has 0 radical (unpaired) electrons. The summed E-state index contributed by atoms with van der Waals surface area (Å²) in [6, 6.07) is 0. The Labute approximate surface area is 97.5 Å². The zero-order valence-electron chi connectivity index (χ0n) is 11.3. The smallest absolute Gasteiger partial charge is 0.0348 e. The quantitative estimate of drug-likeness (QED) is 0.437. The third-order valence-electron chi connectivity index (χ3n) is 2.07. The van der Waals surface area contributed by atoms with Gasteiger partial charge in [0.05, 0.1) is 0 Å². The number of rotatable bonds is 0. The fourth-order valence-corrected chi connectivity index (χ4v) is 1.35. The highest BCUT2D eigenvalue weighted by atomic mass is 13.9. The first kappa shape index (κ1) is 16.9. The van der Waals surface area contributed by atoms with Gasteiger partial charge in [-0.2, -0.15) is 0 Å². The van der Waals surface area contributed by atoms with Crippen LogP contribution in [0, 0.1) is 0 Å². The summed E-state index contributed by atoms with van der Waals surface area (Å²) in [7, 11) is 0. The average Bonchev–Trinajstić information content (AvgIpc) is 2.95. The van der Waals surface area contributed by atoms with Gasteiger partial charge < -0.3 is 0 Å². The van der Waals surface area contributed by atoms with Crippen molar-refractivity contribution in [2.75, 3.05) is 0 Å². The van der Waals surface area contributed by atoms with Gasteiger partial charge >= 0.3 is 0 Å². The van der Waals surface area contributed by atoms with Crippen LogP contribution < -0.4 is 0 Å². The van der Waals surface area contributed by atoms with Gasteiger partial charge in [-0.1, -0.05) is 52.0 Å². The van der Waals surface area contributed by atoms with E-state index in [9.17, 15) is 0 Å². The molecule has 90 valence electrons. The van der Waals surface area contributed by atoms with Gasteiger partial charge in [0.1, 0.15) is 0 Å². The second-order valence-corrected chi connectivity index (χ2v) is 3.16. The lowest BCUT2D eigenvalue weighted by molar-refractivity contribution is 0.730. The molecule has 0 aliphatic heterocycles. The van der Waals surface area contributed by atoms with Gasteiger partial charge in [-0.05, 0) is 44.9 Å². The molecule has 0 spiro atoms. The fourth-order valence-electron chi connectivity index (χ4n) is 1.35. The van der Waals surface area contributed by atoms with Gasteiger partial charge in [0, 0.05) is 0 Å². The van der Waals surface area contributed by atoms with E-state index in [0.29, 0.717) is 0 Å². The SMILES string of the molecule is C1=CCCC1.C1=CCCCC1.CC.CC. The van der Waals surface area contributed by atoms with Gasteiger partial charge in [0.25, 0.3) is 0 Å². The van der Waals surface area contributed by atoms with Crippen molar-refractivity contribution in [2.24, 2.45) is 0 Å². The molecule has 0 atom stereocenters. The summed E-state index contributed by atoms with van der Waals surface area (Å²) in [6.45, 7) is 8.00. The molecule has 0 aromatic carbocycles. The first-order valence-corrected chi connectivity index (χ1v) is 6.80. The third-order valence-corrected chi connectivity index (χ3v) is 2.07. The van der Waals surface area contributed by atoms with Crippen LogP contribution in [-0.4, -0.2) is 0 Å². The Kier molecular flexibility index (Phi) is 21.5. The maximum absolute atomic E-state index is 2.27. The highest BCUT2D eigenvalue weighted by molar-refractivity contribution is 4.88. The summed E-state index contributed by atoms with van der Waals surface area (Å²) in [5.74, 6) is 0. The third kappa shape index (κ3) is 16.2. The van der Waals surface area contributed by atoms with Crippen LogP contribution in [0.2, 0.25) is 0 Å². The summed E-state index contributed by atoms with van der Waals surface area (Å²) in [5.41, 5.74) is 0. The Hall–Kier alpha value is -0.520. The molecule has 2 aliphatic carbocycles. The van der Waals surface area contributed by atoms with Crippen LogP contribution in [0.5, 0.6) is 0 Å². The molecule has 0 amide bonds. The van der Waals surface area contributed by atoms with Crippen molar-refractivity contribution in [3.05, 3.63) is 24.3 Å².